The second-order valence-electron chi connectivity index (χ2n) is 3.23. The molecule has 1 amide bonds. The maximum absolute atomic E-state index is 12.5. The molecule has 3 nitrogen and oxygen atoms in total. The zero-order valence-corrected chi connectivity index (χ0v) is 8.65. The molecule has 1 aliphatic rings. The molecule has 0 fully saturated rings. The number of amides is 1. The number of alkyl halides is 3. The van der Waals surface area contributed by atoms with Crippen molar-refractivity contribution < 1.29 is 18.0 Å². The Morgan fingerprint density at radius 1 is 1.31 bits per heavy atom. The van der Waals surface area contributed by atoms with Crippen molar-refractivity contribution >= 4 is 24.0 Å². The molecule has 0 saturated carbocycles. The highest BCUT2D eigenvalue weighted by Gasteiger charge is 2.39. The average Bonchev–Trinajstić information content (AvgIpc) is 2.41. The summed E-state index contributed by atoms with van der Waals surface area (Å²) in [6, 6.07) is 2.55. The van der Waals surface area contributed by atoms with Crippen LogP contribution in [0.25, 0.3) is 0 Å². The van der Waals surface area contributed by atoms with Crippen molar-refractivity contribution in [2.75, 3.05) is 5.32 Å². The molecule has 88 valence electrons. The maximum Gasteiger partial charge on any atom is 0.418 e. The normalized spacial score (nSPS) is 18.8. The lowest BCUT2D eigenvalue weighted by Crippen LogP contribution is -2.19. The van der Waals surface area contributed by atoms with Crippen molar-refractivity contribution in [2.45, 2.75) is 12.2 Å². The maximum atomic E-state index is 12.5. The number of halogens is 4. The first-order valence-corrected chi connectivity index (χ1v) is 4.18. The van der Waals surface area contributed by atoms with Crippen LogP contribution >= 0.6 is 12.4 Å². The second kappa shape index (κ2) is 3.95. The van der Waals surface area contributed by atoms with Gasteiger partial charge < -0.3 is 11.1 Å². The van der Waals surface area contributed by atoms with E-state index in [9.17, 15) is 18.0 Å². The van der Waals surface area contributed by atoms with Crippen LogP contribution < -0.4 is 11.1 Å². The van der Waals surface area contributed by atoms with Gasteiger partial charge in [-0.3, -0.25) is 4.79 Å². The van der Waals surface area contributed by atoms with Crippen molar-refractivity contribution in [3.05, 3.63) is 29.3 Å². The molecule has 0 spiro atoms. The number of nitrogens with two attached hydrogens (primary N) is 1. The van der Waals surface area contributed by atoms with Gasteiger partial charge in [0.15, 0.2) is 0 Å². The summed E-state index contributed by atoms with van der Waals surface area (Å²) in [6.45, 7) is 0. The number of carbonyl (C=O) groups excluding carboxylic acids is 1. The Bertz CT molecular complexity index is 433. The third-order valence-electron chi connectivity index (χ3n) is 2.27. The van der Waals surface area contributed by atoms with Crippen LogP contribution in [0.4, 0.5) is 18.9 Å². The first-order valence-electron chi connectivity index (χ1n) is 4.18. The van der Waals surface area contributed by atoms with Crippen molar-refractivity contribution in [3.63, 3.8) is 0 Å². The van der Waals surface area contributed by atoms with E-state index in [1.54, 1.807) is 0 Å². The van der Waals surface area contributed by atoms with E-state index in [-0.39, 0.29) is 23.7 Å². The molecule has 0 aromatic heterocycles. The molecular formula is C9H8ClF3N2O. The minimum atomic E-state index is -4.48. The third-order valence-corrected chi connectivity index (χ3v) is 2.27. The van der Waals surface area contributed by atoms with E-state index >= 15 is 0 Å². The van der Waals surface area contributed by atoms with Gasteiger partial charge >= 0.3 is 6.18 Å². The monoisotopic (exact) mass is 252 g/mol. The van der Waals surface area contributed by atoms with Crippen LogP contribution in [0.15, 0.2) is 18.2 Å². The molecular weight excluding hydrogens is 245 g/mol. The van der Waals surface area contributed by atoms with Crippen LogP contribution in [0.3, 0.4) is 0 Å². The third kappa shape index (κ3) is 1.85. The van der Waals surface area contributed by atoms with Crippen LogP contribution in [0.1, 0.15) is 17.2 Å². The fraction of sp³-hybridized carbons (Fsp3) is 0.222. The summed E-state index contributed by atoms with van der Waals surface area (Å²) in [5.74, 6) is -0.610. The van der Waals surface area contributed by atoms with E-state index in [1.165, 1.54) is 12.1 Å². The SMILES string of the molecule is Cl.NC1C(=O)Nc2c1cccc2C(F)(F)F. The van der Waals surface area contributed by atoms with E-state index in [1.807, 2.05) is 0 Å². The van der Waals surface area contributed by atoms with Gasteiger partial charge in [0, 0.05) is 5.56 Å². The molecule has 3 N–H and O–H groups in total. The van der Waals surface area contributed by atoms with E-state index < -0.39 is 23.7 Å². The van der Waals surface area contributed by atoms with E-state index in [4.69, 9.17) is 5.73 Å². The Labute approximate surface area is 95.2 Å². The quantitative estimate of drug-likeness (QED) is 0.743. The smallest absolute Gasteiger partial charge is 0.324 e. The zero-order chi connectivity index (χ0) is 11.2. The molecule has 1 aliphatic heterocycles. The molecule has 7 heteroatoms. The van der Waals surface area contributed by atoms with Crippen LogP contribution in [0.5, 0.6) is 0 Å². The van der Waals surface area contributed by atoms with Crippen molar-refractivity contribution in [3.8, 4) is 0 Å². The van der Waals surface area contributed by atoms with Gasteiger partial charge in [-0.2, -0.15) is 13.2 Å². The summed E-state index contributed by atoms with van der Waals surface area (Å²) in [5, 5.41) is 2.14. The zero-order valence-electron chi connectivity index (χ0n) is 7.84. The number of nitrogens with one attached hydrogen (secondary N) is 1. The van der Waals surface area contributed by atoms with Crippen molar-refractivity contribution in [1.82, 2.24) is 0 Å². The standard InChI is InChI=1S/C9H7F3N2O.ClH/c10-9(11,12)5-3-1-2-4-6(13)8(15)14-7(4)5;/h1-3,6H,13H2,(H,14,15);1H. The van der Waals surface area contributed by atoms with Gasteiger partial charge in [0.05, 0.1) is 11.3 Å². The van der Waals surface area contributed by atoms with Gasteiger partial charge in [0.2, 0.25) is 5.91 Å². The fourth-order valence-corrected chi connectivity index (χ4v) is 1.55. The molecule has 1 unspecified atom stereocenters. The van der Waals surface area contributed by atoms with Crippen molar-refractivity contribution in [2.24, 2.45) is 5.73 Å². The summed E-state index contributed by atoms with van der Waals surface area (Å²) in [5.41, 5.74) is 4.53. The first-order chi connectivity index (χ1) is 6.91. The molecule has 1 aromatic rings. The number of fused-ring (bicyclic) bond motifs is 1. The highest BCUT2D eigenvalue weighted by molar-refractivity contribution is 6.03. The molecule has 1 atom stereocenters. The summed E-state index contributed by atoms with van der Waals surface area (Å²) < 4.78 is 37.5. The predicted octanol–water partition coefficient (Wildman–Crippen LogP) is 2.08. The number of rotatable bonds is 0. The van der Waals surface area contributed by atoms with Gasteiger partial charge in [0.25, 0.3) is 0 Å². The van der Waals surface area contributed by atoms with Gasteiger partial charge in [-0.05, 0) is 6.07 Å². The number of benzene rings is 1. The van der Waals surface area contributed by atoms with Crippen LogP contribution in [0, 0.1) is 0 Å². The summed E-state index contributed by atoms with van der Waals surface area (Å²) >= 11 is 0. The van der Waals surface area contributed by atoms with Gasteiger partial charge in [-0.25, -0.2) is 0 Å². The Morgan fingerprint density at radius 3 is 2.50 bits per heavy atom. The topological polar surface area (TPSA) is 55.1 Å². The highest BCUT2D eigenvalue weighted by atomic mass is 35.5. The van der Waals surface area contributed by atoms with E-state index in [2.05, 4.69) is 5.32 Å². The van der Waals surface area contributed by atoms with Gasteiger partial charge in [-0.1, -0.05) is 12.1 Å². The van der Waals surface area contributed by atoms with Crippen LogP contribution in [-0.4, -0.2) is 5.91 Å². The Hall–Kier alpha value is -1.27. The predicted molar refractivity (Wildman–Crippen MR) is 54.3 cm³/mol. The number of carbonyl (C=O) groups is 1. The molecule has 0 bridgehead atoms. The average molecular weight is 253 g/mol. The summed E-state index contributed by atoms with van der Waals surface area (Å²) in [6.07, 6.45) is -4.48. The Balaban J connectivity index is 0.00000128. The number of anilines is 1. The van der Waals surface area contributed by atoms with E-state index in [0.717, 1.165) is 6.07 Å². The molecule has 0 aliphatic carbocycles. The molecule has 16 heavy (non-hydrogen) atoms. The highest BCUT2D eigenvalue weighted by Crippen LogP contribution is 2.40. The first kappa shape index (κ1) is 12.8. The molecule has 0 saturated heterocycles. The second-order valence-corrected chi connectivity index (χ2v) is 3.23. The van der Waals surface area contributed by atoms with E-state index in [0.29, 0.717) is 0 Å². The molecule has 1 aromatic carbocycles. The van der Waals surface area contributed by atoms with Crippen LogP contribution in [0.2, 0.25) is 0 Å². The summed E-state index contributed by atoms with van der Waals surface area (Å²) in [7, 11) is 0. The number of hydrogen-bond acceptors (Lipinski definition) is 2. The van der Waals surface area contributed by atoms with Gasteiger partial charge in [0.1, 0.15) is 6.04 Å². The lowest BCUT2D eigenvalue weighted by molar-refractivity contribution is -0.136. The fourth-order valence-electron chi connectivity index (χ4n) is 1.55. The summed E-state index contributed by atoms with van der Waals surface area (Å²) in [4.78, 5) is 11.1. The minimum absolute atomic E-state index is 0. The number of hydrogen-bond donors (Lipinski definition) is 2. The minimum Gasteiger partial charge on any atom is -0.324 e. The Morgan fingerprint density at radius 2 is 1.94 bits per heavy atom. The number of para-hydroxylation sites is 1. The van der Waals surface area contributed by atoms with Crippen LogP contribution in [-0.2, 0) is 11.0 Å². The molecule has 2 rings (SSSR count). The largest absolute Gasteiger partial charge is 0.418 e. The van der Waals surface area contributed by atoms with Crippen molar-refractivity contribution in [1.29, 1.82) is 0 Å². The van der Waals surface area contributed by atoms with Gasteiger partial charge in [-0.15, -0.1) is 12.4 Å². The lowest BCUT2D eigenvalue weighted by atomic mass is 10.0. The lowest BCUT2D eigenvalue weighted by Gasteiger charge is -2.11. The molecule has 0 radical (unpaired) electrons. The molecule has 1 heterocycles. The Kier molecular flexibility index (Phi) is 3.16.